The maximum Gasteiger partial charge on any atom is 0.326 e. The minimum Gasteiger partial charge on any atom is -0.480 e. The molecule has 8 heteroatoms. The molecule has 1 aliphatic heterocycles. The molecule has 2 rings (SSSR count). The Kier molecular flexibility index (Phi) is 4.20. The number of nitrogens with zero attached hydrogens (tertiary/aromatic N) is 2. The van der Waals surface area contributed by atoms with Gasteiger partial charge < -0.3 is 15.1 Å². The molecule has 0 bridgehead atoms. The first-order valence-corrected chi connectivity index (χ1v) is 7.51. The van der Waals surface area contributed by atoms with Crippen molar-refractivity contribution in [2.75, 3.05) is 11.9 Å². The molecule has 7 nitrogen and oxygen atoms in total. The van der Waals surface area contributed by atoms with Crippen molar-refractivity contribution in [1.82, 2.24) is 9.88 Å². The maximum atomic E-state index is 12.1. The number of thiazole rings is 1. The molecule has 1 aromatic heterocycles. The molecular weight excluding hydrogens is 294 g/mol. The van der Waals surface area contributed by atoms with Gasteiger partial charge in [-0.3, -0.25) is 5.32 Å². The fourth-order valence-electron chi connectivity index (χ4n) is 2.11. The van der Waals surface area contributed by atoms with Gasteiger partial charge in [-0.15, -0.1) is 11.3 Å². The number of β-amino-alcohol motifs (C(OH)–C–C–N with tert-alkyl or cyclic N) is 1. The Hall–Kier alpha value is -1.67. The number of carboxylic acids is 1. The third kappa shape index (κ3) is 3.51. The van der Waals surface area contributed by atoms with Gasteiger partial charge in [-0.2, -0.15) is 0 Å². The van der Waals surface area contributed by atoms with Crippen molar-refractivity contribution in [2.24, 2.45) is 0 Å². The van der Waals surface area contributed by atoms with E-state index in [9.17, 15) is 14.7 Å². The summed E-state index contributed by atoms with van der Waals surface area (Å²) in [6.07, 6.45) is -0.758. The molecule has 2 atom stereocenters. The smallest absolute Gasteiger partial charge is 0.326 e. The molecule has 2 heterocycles. The third-order valence-corrected chi connectivity index (χ3v) is 4.07. The Morgan fingerprint density at radius 1 is 1.48 bits per heavy atom. The Balaban J connectivity index is 2.07. The highest BCUT2D eigenvalue weighted by molar-refractivity contribution is 7.13. The molecule has 1 fully saturated rings. The van der Waals surface area contributed by atoms with E-state index in [1.54, 1.807) is 0 Å². The second-order valence-corrected chi connectivity index (χ2v) is 6.97. The van der Waals surface area contributed by atoms with Crippen LogP contribution >= 0.6 is 11.3 Å². The van der Waals surface area contributed by atoms with Crippen LogP contribution in [0.2, 0.25) is 0 Å². The largest absolute Gasteiger partial charge is 0.480 e. The summed E-state index contributed by atoms with van der Waals surface area (Å²) in [6, 6.07) is -1.55. The van der Waals surface area contributed by atoms with Gasteiger partial charge in [0.25, 0.3) is 0 Å². The molecular formula is C13H19N3O4S. The van der Waals surface area contributed by atoms with E-state index in [1.807, 2.05) is 26.2 Å². The van der Waals surface area contributed by atoms with E-state index in [1.165, 1.54) is 11.3 Å². The van der Waals surface area contributed by atoms with Crippen LogP contribution in [0.15, 0.2) is 5.38 Å². The number of aliphatic hydroxyl groups is 1. The Bertz CT molecular complexity index is 552. The fraction of sp³-hybridized carbons (Fsp3) is 0.615. The van der Waals surface area contributed by atoms with Crippen molar-refractivity contribution < 1.29 is 19.8 Å². The van der Waals surface area contributed by atoms with Crippen LogP contribution in [0.3, 0.4) is 0 Å². The number of aliphatic hydroxyl groups excluding tert-OH is 1. The SMILES string of the molecule is CC(C)(C)c1csc(NC(=O)N2CC(O)CC2C(=O)O)n1. The molecule has 0 aromatic carbocycles. The number of amides is 2. The lowest BCUT2D eigenvalue weighted by Crippen LogP contribution is -2.43. The van der Waals surface area contributed by atoms with Crippen LogP contribution < -0.4 is 5.32 Å². The minimum atomic E-state index is -1.11. The monoisotopic (exact) mass is 313 g/mol. The molecule has 2 amide bonds. The zero-order chi connectivity index (χ0) is 15.8. The zero-order valence-corrected chi connectivity index (χ0v) is 13.0. The molecule has 0 aliphatic carbocycles. The molecule has 0 saturated carbocycles. The summed E-state index contributed by atoms with van der Waals surface area (Å²) in [4.78, 5) is 28.7. The van der Waals surface area contributed by atoms with Crippen LogP contribution in [-0.4, -0.2) is 50.8 Å². The molecule has 1 aliphatic rings. The van der Waals surface area contributed by atoms with Gasteiger partial charge in [0.2, 0.25) is 0 Å². The van der Waals surface area contributed by atoms with Crippen molar-refractivity contribution in [3.8, 4) is 0 Å². The van der Waals surface area contributed by atoms with Crippen LogP contribution in [0.5, 0.6) is 0 Å². The lowest BCUT2D eigenvalue weighted by molar-refractivity contribution is -0.141. The summed E-state index contributed by atoms with van der Waals surface area (Å²) >= 11 is 1.29. The van der Waals surface area contributed by atoms with Crippen LogP contribution in [0.1, 0.15) is 32.9 Å². The zero-order valence-electron chi connectivity index (χ0n) is 12.2. The van der Waals surface area contributed by atoms with E-state index in [2.05, 4.69) is 10.3 Å². The highest BCUT2D eigenvalue weighted by atomic mass is 32.1. The predicted molar refractivity (Wildman–Crippen MR) is 78.6 cm³/mol. The quantitative estimate of drug-likeness (QED) is 0.767. The predicted octanol–water partition coefficient (Wildman–Crippen LogP) is 1.49. The van der Waals surface area contributed by atoms with Gasteiger partial charge in [0, 0.05) is 23.8 Å². The van der Waals surface area contributed by atoms with Crippen LogP contribution in [0, 0.1) is 0 Å². The number of aromatic nitrogens is 1. The highest BCUT2D eigenvalue weighted by Gasteiger charge is 2.39. The summed E-state index contributed by atoms with van der Waals surface area (Å²) in [7, 11) is 0. The third-order valence-electron chi connectivity index (χ3n) is 3.31. The van der Waals surface area contributed by atoms with E-state index in [-0.39, 0.29) is 18.4 Å². The van der Waals surface area contributed by atoms with E-state index in [4.69, 9.17) is 5.11 Å². The number of urea groups is 1. The Morgan fingerprint density at radius 2 is 2.14 bits per heavy atom. The number of carbonyl (C=O) groups excluding carboxylic acids is 1. The minimum absolute atomic E-state index is 0.0142. The van der Waals surface area contributed by atoms with Gasteiger partial charge in [-0.25, -0.2) is 14.6 Å². The van der Waals surface area contributed by atoms with Gasteiger partial charge in [-0.1, -0.05) is 20.8 Å². The number of carboxylic acid groups (broad SMARTS) is 1. The van der Waals surface area contributed by atoms with Gasteiger partial charge in [0.1, 0.15) is 6.04 Å². The second kappa shape index (κ2) is 5.61. The fourth-order valence-corrected chi connectivity index (χ4v) is 3.04. The first-order valence-electron chi connectivity index (χ1n) is 6.63. The van der Waals surface area contributed by atoms with Crippen LogP contribution in [-0.2, 0) is 10.2 Å². The topological polar surface area (TPSA) is 103 Å². The number of anilines is 1. The van der Waals surface area contributed by atoms with Gasteiger partial charge in [0.15, 0.2) is 5.13 Å². The number of nitrogens with one attached hydrogen (secondary N) is 1. The average Bonchev–Trinajstić information content (AvgIpc) is 2.94. The van der Waals surface area contributed by atoms with Crippen molar-refractivity contribution in [3.05, 3.63) is 11.1 Å². The molecule has 0 spiro atoms. The Labute approximate surface area is 126 Å². The summed E-state index contributed by atoms with van der Waals surface area (Å²) in [5.41, 5.74) is 0.742. The van der Waals surface area contributed by atoms with Gasteiger partial charge in [0.05, 0.1) is 11.8 Å². The number of aliphatic carboxylic acids is 1. The number of hydrogen-bond acceptors (Lipinski definition) is 5. The van der Waals surface area contributed by atoms with Gasteiger partial charge in [-0.05, 0) is 0 Å². The number of hydrogen-bond donors (Lipinski definition) is 3. The standard InChI is InChI=1S/C13H19N3O4S/c1-13(2,3)9-6-21-11(14-9)15-12(20)16-5-7(17)4-8(16)10(18)19/h6-8,17H,4-5H2,1-3H3,(H,18,19)(H,14,15,20). The summed E-state index contributed by atoms with van der Waals surface area (Å²) < 4.78 is 0. The van der Waals surface area contributed by atoms with Crippen molar-refractivity contribution >= 4 is 28.5 Å². The van der Waals surface area contributed by atoms with Crippen LogP contribution in [0.4, 0.5) is 9.93 Å². The summed E-state index contributed by atoms with van der Waals surface area (Å²) in [5, 5.41) is 23.5. The molecule has 21 heavy (non-hydrogen) atoms. The van der Waals surface area contributed by atoms with Crippen molar-refractivity contribution in [1.29, 1.82) is 0 Å². The first kappa shape index (κ1) is 15.7. The Morgan fingerprint density at radius 3 is 2.67 bits per heavy atom. The number of rotatable bonds is 2. The van der Waals surface area contributed by atoms with E-state index in [0.29, 0.717) is 5.13 Å². The maximum absolute atomic E-state index is 12.1. The average molecular weight is 313 g/mol. The number of likely N-dealkylation sites (tertiary alicyclic amines) is 1. The molecule has 0 radical (unpaired) electrons. The lowest BCUT2D eigenvalue weighted by Gasteiger charge is -2.20. The summed E-state index contributed by atoms with van der Waals surface area (Å²) in [6.45, 7) is 6.07. The van der Waals surface area contributed by atoms with Crippen LogP contribution in [0.25, 0.3) is 0 Å². The molecule has 116 valence electrons. The second-order valence-electron chi connectivity index (χ2n) is 6.11. The molecule has 3 N–H and O–H groups in total. The number of carbonyl (C=O) groups is 2. The normalized spacial score (nSPS) is 22.4. The highest BCUT2D eigenvalue weighted by Crippen LogP contribution is 2.27. The molecule has 2 unspecified atom stereocenters. The molecule has 1 aromatic rings. The van der Waals surface area contributed by atoms with Crippen molar-refractivity contribution in [3.63, 3.8) is 0 Å². The lowest BCUT2D eigenvalue weighted by atomic mass is 9.93. The van der Waals surface area contributed by atoms with Crippen molar-refractivity contribution in [2.45, 2.75) is 44.8 Å². The summed E-state index contributed by atoms with van der Waals surface area (Å²) in [5.74, 6) is -1.11. The molecule has 1 saturated heterocycles. The van der Waals surface area contributed by atoms with Gasteiger partial charge >= 0.3 is 12.0 Å². The van der Waals surface area contributed by atoms with E-state index < -0.39 is 24.1 Å². The van der Waals surface area contributed by atoms with E-state index >= 15 is 0 Å². The first-order chi connectivity index (χ1) is 9.68. The van der Waals surface area contributed by atoms with E-state index in [0.717, 1.165) is 10.6 Å².